The number of carbonyl (C=O) groups is 2. The van der Waals surface area contributed by atoms with Gasteiger partial charge in [-0.25, -0.2) is 4.79 Å². The van der Waals surface area contributed by atoms with Crippen LogP contribution >= 0.6 is 0 Å². The van der Waals surface area contributed by atoms with E-state index < -0.39 is 0 Å². The predicted octanol–water partition coefficient (Wildman–Crippen LogP) is 3.70. The number of amides is 3. The molecular formula is C21H27N3O3. The van der Waals surface area contributed by atoms with Gasteiger partial charge in [-0.15, -0.1) is 0 Å². The van der Waals surface area contributed by atoms with E-state index in [1.165, 1.54) is 0 Å². The largest absolute Gasteiger partial charge is 0.497 e. The summed E-state index contributed by atoms with van der Waals surface area (Å²) in [6.07, 6.45) is 0.206. The summed E-state index contributed by atoms with van der Waals surface area (Å²) in [6, 6.07) is 12.9. The van der Waals surface area contributed by atoms with Crippen LogP contribution in [0.2, 0.25) is 0 Å². The lowest BCUT2D eigenvalue weighted by Gasteiger charge is -2.15. The Kier molecular flexibility index (Phi) is 7.23. The van der Waals surface area contributed by atoms with Crippen molar-refractivity contribution in [1.29, 1.82) is 0 Å². The first-order valence-electron chi connectivity index (χ1n) is 8.94. The third-order valence-electron chi connectivity index (χ3n) is 4.26. The van der Waals surface area contributed by atoms with Gasteiger partial charge in [-0.3, -0.25) is 4.79 Å². The van der Waals surface area contributed by atoms with E-state index in [0.717, 1.165) is 28.1 Å². The molecule has 0 saturated carbocycles. The van der Waals surface area contributed by atoms with E-state index in [2.05, 4.69) is 16.0 Å². The number of nitrogens with one attached hydrogen (secondary N) is 3. The Balaban J connectivity index is 1.73. The van der Waals surface area contributed by atoms with E-state index in [-0.39, 0.29) is 30.9 Å². The molecule has 3 N–H and O–H groups in total. The molecule has 0 radical (unpaired) electrons. The Morgan fingerprint density at radius 1 is 1.07 bits per heavy atom. The van der Waals surface area contributed by atoms with Gasteiger partial charge < -0.3 is 20.7 Å². The van der Waals surface area contributed by atoms with Crippen LogP contribution in [-0.2, 0) is 4.79 Å². The number of ether oxygens (including phenoxy) is 1. The van der Waals surface area contributed by atoms with Gasteiger partial charge in [0.15, 0.2) is 0 Å². The molecule has 2 aromatic carbocycles. The second-order valence-corrected chi connectivity index (χ2v) is 6.51. The second kappa shape index (κ2) is 9.62. The van der Waals surface area contributed by atoms with Crippen LogP contribution in [0.5, 0.6) is 5.75 Å². The van der Waals surface area contributed by atoms with Crippen LogP contribution in [0.1, 0.15) is 36.1 Å². The lowest BCUT2D eigenvalue weighted by Crippen LogP contribution is -2.38. The fraction of sp³-hybridized carbons (Fsp3) is 0.333. The number of hydrogen-bond acceptors (Lipinski definition) is 3. The van der Waals surface area contributed by atoms with E-state index in [1.54, 1.807) is 7.11 Å². The summed E-state index contributed by atoms with van der Waals surface area (Å²) in [7, 11) is 1.61. The minimum absolute atomic E-state index is 0.134. The zero-order chi connectivity index (χ0) is 19.8. The van der Waals surface area contributed by atoms with Crippen LogP contribution < -0.4 is 20.7 Å². The number of methoxy groups -OCH3 is 1. The van der Waals surface area contributed by atoms with Crippen molar-refractivity contribution >= 4 is 17.6 Å². The third-order valence-corrected chi connectivity index (χ3v) is 4.26. The average Bonchev–Trinajstić information content (AvgIpc) is 2.64. The summed E-state index contributed by atoms with van der Waals surface area (Å²) in [5.41, 5.74) is 3.93. The molecule has 6 nitrogen and oxygen atoms in total. The first-order chi connectivity index (χ1) is 12.9. The number of anilines is 1. The zero-order valence-corrected chi connectivity index (χ0v) is 16.3. The van der Waals surface area contributed by atoms with E-state index >= 15 is 0 Å². The molecule has 1 atom stereocenters. The Hall–Kier alpha value is -3.02. The Morgan fingerprint density at radius 3 is 2.41 bits per heavy atom. The molecule has 144 valence electrons. The summed E-state index contributed by atoms with van der Waals surface area (Å²) >= 11 is 0. The molecule has 0 heterocycles. The minimum atomic E-state index is -0.308. The Bertz CT molecular complexity index is 788. The van der Waals surface area contributed by atoms with E-state index in [0.29, 0.717) is 0 Å². The normalized spacial score (nSPS) is 11.4. The molecule has 0 unspecified atom stereocenters. The predicted molar refractivity (Wildman–Crippen MR) is 107 cm³/mol. The topological polar surface area (TPSA) is 79.5 Å². The summed E-state index contributed by atoms with van der Waals surface area (Å²) in [5.74, 6) is 0.635. The molecular weight excluding hydrogens is 342 g/mol. The summed E-state index contributed by atoms with van der Waals surface area (Å²) in [5, 5.41) is 8.43. The molecule has 3 amide bonds. The van der Waals surface area contributed by atoms with Gasteiger partial charge in [-0.05, 0) is 50.1 Å². The zero-order valence-electron chi connectivity index (χ0n) is 16.3. The highest BCUT2D eigenvalue weighted by molar-refractivity contribution is 5.91. The van der Waals surface area contributed by atoms with Crippen molar-refractivity contribution in [2.45, 2.75) is 33.2 Å². The van der Waals surface area contributed by atoms with Gasteiger partial charge in [0.1, 0.15) is 5.75 Å². The molecule has 0 aliphatic carbocycles. The quantitative estimate of drug-likeness (QED) is 0.696. The maximum atomic E-state index is 12.0. The number of urea groups is 1. The smallest absolute Gasteiger partial charge is 0.315 e. The van der Waals surface area contributed by atoms with E-state index in [1.807, 2.05) is 63.2 Å². The minimum Gasteiger partial charge on any atom is -0.497 e. The van der Waals surface area contributed by atoms with Gasteiger partial charge in [-0.2, -0.15) is 0 Å². The molecule has 2 aromatic rings. The number of aryl methyl sites for hydroxylation is 2. The number of carbonyl (C=O) groups excluding carboxylic acids is 2. The van der Waals surface area contributed by atoms with E-state index in [9.17, 15) is 9.59 Å². The van der Waals surface area contributed by atoms with Crippen LogP contribution in [0.25, 0.3) is 0 Å². The summed E-state index contributed by atoms with van der Waals surface area (Å²) < 4.78 is 5.12. The second-order valence-electron chi connectivity index (χ2n) is 6.51. The van der Waals surface area contributed by atoms with Gasteiger partial charge in [0.05, 0.1) is 13.2 Å². The van der Waals surface area contributed by atoms with E-state index in [4.69, 9.17) is 4.74 Å². The van der Waals surface area contributed by atoms with Crippen molar-refractivity contribution in [2.24, 2.45) is 0 Å². The maximum Gasteiger partial charge on any atom is 0.315 e. The average molecular weight is 369 g/mol. The summed E-state index contributed by atoms with van der Waals surface area (Å²) in [6.45, 7) is 6.12. The number of rotatable bonds is 7. The SMILES string of the molecule is COc1ccc([C@@H](C)NC(=O)NCCC(=O)Nc2ccc(C)cc2C)cc1. The van der Waals surface area contributed by atoms with Crippen molar-refractivity contribution in [3.8, 4) is 5.75 Å². The number of hydrogen-bond donors (Lipinski definition) is 3. The first-order valence-corrected chi connectivity index (χ1v) is 8.94. The standard InChI is InChI=1S/C21H27N3O3/c1-14-5-10-19(15(2)13-14)24-20(25)11-12-22-21(26)23-16(3)17-6-8-18(27-4)9-7-17/h5-10,13,16H,11-12H2,1-4H3,(H,24,25)(H2,22,23,26)/t16-/m1/s1. The number of benzene rings is 2. The van der Waals surface area contributed by atoms with Crippen molar-refractivity contribution < 1.29 is 14.3 Å². The molecule has 0 aliphatic rings. The fourth-order valence-corrected chi connectivity index (χ4v) is 2.68. The lowest BCUT2D eigenvalue weighted by molar-refractivity contribution is -0.116. The van der Waals surface area contributed by atoms with Crippen molar-refractivity contribution in [2.75, 3.05) is 19.0 Å². The Labute approximate surface area is 160 Å². The molecule has 6 heteroatoms. The van der Waals surface area contributed by atoms with Crippen LogP contribution in [0, 0.1) is 13.8 Å². The van der Waals surface area contributed by atoms with Gasteiger partial charge in [0, 0.05) is 18.7 Å². The highest BCUT2D eigenvalue weighted by Crippen LogP contribution is 2.17. The molecule has 27 heavy (non-hydrogen) atoms. The van der Waals surface area contributed by atoms with Crippen molar-refractivity contribution in [1.82, 2.24) is 10.6 Å². The molecule has 0 bridgehead atoms. The van der Waals surface area contributed by atoms with Gasteiger partial charge in [0.25, 0.3) is 0 Å². The summed E-state index contributed by atoms with van der Waals surface area (Å²) in [4.78, 5) is 24.0. The molecule has 0 fully saturated rings. The van der Waals surface area contributed by atoms with Gasteiger partial charge in [0.2, 0.25) is 5.91 Å². The maximum absolute atomic E-state index is 12.0. The van der Waals surface area contributed by atoms with Crippen LogP contribution in [-0.4, -0.2) is 25.6 Å². The first kappa shape index (κ1) is 20.3. The van der Waals surface area contributed by atoms with Crippen LogP contribution in [0.3, 0.4) is 0 Å². The van der Waals surface area contributed by atoms with Crippen LogP contribution in [0.15, 0.2) is 42.5 Å². The fourth-order valence-electron chi connectivity index (χ4n) is 2.68. The van der Waals surface area contributed by atoms with Gasteiger partial charge >= 0.3 is 6.03 Å². The highest BCUT2D eigenvalue weighted by atomic mass is 16.5. The molecule has 2 rings (SSSR count). The monoisotopic (exact) mass is 369 g/mol. The highest BCUT2D eigenvalue weighted by Gasteiger charge is 2.10. The molecule has 0 spiro atoms. The lowest BCUT2D eigenvalue weighted by atomic mass is 10.1. The van der Waals surface area contributed by atoms with Crippen molar-refractivity contribution in [3.05, 3.63) is 59.2 Å². The Morgan fingerprint density at radius 2 is 1.78 bits per heavy atom. The van der Waals surface area contributed by atoms with Crippen LogP contribution in [0.4, 0.5) is 10.5 Å². The molecule has 0 saturated heterocycles. The third kappa shape index (κ3) is 6.33. The molecule has 0 aliphatic heterocycles. The molecule has 0 aromatic heterocycles. The van der Waals surface area contributed by atoms with Crippen molar-refractivity contribution in [3.63, 3.8) is 0 Å². The van der Waals surface area contributed by atoms with Gasteiger partial charge in [-0.1, -0.05) is 29.8 Å².